The molecule has 6 nitrogen and oxygen atoms in total. The number of aromatic nitrogens is 2. The van der Waals surface area contributed by atoms with Gasteiger partial charge in [-0.3, -0.25) is 4.79 Å². The first-order chi connectivity index (χ1) is 10.9. The van der Waals surface area contributed by atoms with Crippen molar-refractivity contribution < 1.29 is 17.9 Å². The molecule has 120 valence electrons. The van der Waals surface area contributed by atoms with Crippen LogP contribution in [0.1, 0.15) is 16.8 Å². The molecule has 0 aliphatic heterocycles. The fourth-order valence-electron chi connectivity index (χ4n) is 3.03. The van der Waals surface area contributed by atoms with Crippen LogP contribution in [0, 0.1) is 0 Å². The number of ether oxygens (including phenoxy) is 1. The van der Waals surface area contributed by atoms with Crippen LogP contribution in [0.15, 0.2) is 41.7 Å². The van der Waals surface area contributed by atoms with E-state index in [9.17, 15) is 13.2 Å². The molecule has 1 aliphatic carbocycles. The maximum absolute atomic E-state index is 12.5. The number of hydrogen-bond donors (Lipinski definition) is 0. The predicted molar refractivity (Wildman–Crippen MR) is 82.7 cm³/mol. The van der Waals surface area contributed by atoms with Crippen LogP contribution in [0.25, 0.3) is 0 Å². The summed E-state index contributed by atoms with van der Waals surface area (Å²) in [5, 5.41) is -0.283. The number of methoxy groups -OCH3 is 1. The van der Waals surface area contributed by atoms with Crippen LogP contribution in [0.2, 0.25) is 0 Å². The molecule has 23 heavy (non-hydrogen) atoms. The number of nitrogens with zero attached hydrogens (tertiary/aromatic N) is 2. The SMILES string of the molecule is COC(=O)C1(c2ccnc(S(C)(=O)=O)n2)Cc2ccccc2C1. The Hall–Kier alpha value is -2.28. The first-order valence-corrected chi connectivity index (χ1v) is 8.95. The van der Waals surface area contributed by atoms with Crippen molar-refractivity contribution in [3.05, 3.63) is 53.3 Å². The monoisotopic (exact) mass is 332 g/mol. The van der Waals surface area contributed by atoms with Gasteiger partial charge in [-0.1, -0.05) is 24.3 Å². The highest BCUT2D eigenvalue weighted by molar-refractivity contribution is 7.90. The molecule has 0 fully saturated rings. The second kappa shape index (κ2) is 5.42. The minimum absolute atomic E-state index is 0.283. The van der Waals surface area contributed by atoms with Crippen molar-refractivity contribution in [3.63, 3.8) is 0 Å². The molecule has 1 aromatic carbocycles. The maximum Gasteiger partial charge on any atom is 0.318 e. The summed E-state index contributed by atoms with van der Waals surface area (Å²) in [5.74, 6) is -0.424. The van der Waals surface area contributed by atoms with Crippen molar-refractivity contribution in [3.8, 4) is 0 Å². The number of sulfone groups is 1. The zero-order chi connectivity index (χ0) is 16.7. The Bertz CT molecular complexity index is 852. The van der Waals surface area contributed by atoms with Gasteiger partial charge in [-0.05, 0) is 30.0 Å². The van der Waals surface area contributed by atoms with Gasteiger partial charge in [0.05, 0.1) is 12.8 Å². The first-order valence-electron chi connectivity index (χ1n) is 7.05. The van der Waals surface area contributed by atoms with Crippen LogP contribution in [0.4, 0.5) is 0 Å². The van der Waals surface area contributed by atoms with Gasteiger partial charge < -0.3 is 4.74 Å². The molecule has 1 heterocycles. The third kappa shape index (κ3) is 2.61. The summed E-state index contributed by atoms with van der Waals surface area (Å²) in [4.78, 5) is 20.5. The highest BCUT2D eigenvalue weighted by atomic mass is 32.2. The van der Waals surface area contributed by atoms with E-state index in [0.717, 1.165) is 17.4 Å². The summed E-state index contributed by atoms with van der Waals surface area (Å²) in [6.45, 7) is 0. The highest BCUT2D eigenvalue weighted by Gasteiger charge is 2.48. The Morgan fingerprint density at radius 3 is 2.30 bits per heavy atom. The van der Waals surface area contributed by atoms with E-state index in [1.165, 1.54) is 13.3 Å². The fraction of sp³-hybridized carbons (Fsp3) is 0.312. The molecule has 0 N–H and O–H groups in total. The largest absolute Gasteiger partial charge is 0.468 e. The zero-order valence-electron chi connectivity index (χ0n) is 12.8. The molecule has 3 rings (SSSR count). The number of carbonyl (C=O) groups excluding carboxylic acids is 1. The zero-order valence-corrected chi connectivity index (χ0v) is 13.6. The number of carbonyl (C=O) groups is 1. The van der Waals surface area contributed by atoms with Crippen molar-refractivity contribution >= 4 is 15.8 Å². The molecule has 0 unspecified atom stereocenters. The van der Waals surface area contributed by atoms with E-state index < -0.39 is 21.2 Å². The Kier molecular flexibility index (Phi) is 3.68. The summed E-state index contributed by atoms with van der Waals surface area (Å²) in [5.41, 5.74) is 1.44. The average molecular weight is 332 g/mol. The van der Waals surface area contributed by atoms with Gasteiger partial charge in [-0.2, -0.15) is 0 Å². The summed E-state index contributed by atoms with van der Waals surface area (Å²) in [7, 11) is -2.23. The molecule has 0 saturated carbocycles. The number of benzene rings is 1. The van der Waals surface area contributed by atoms with E-state index in [0.29, 0.717) is 18.5 Å². The number of rotatable bonds is 3. The second-order valence-electron chi connectivity index (χ2n) is 5.69. The third-order valence-corrected chi connectivity index (χ3v) is 4.99. The van der Waals surface area contributed by atoms with E-state index in [2.05, 4.69) is 9.97 Å². The van der Waals surface area contributed by atoms with Crippen LogP contribution in [0.5, 0.6) is 0 Å². The van der Waals surface area contributed by atoms with Gasteiger partial charge in [0.15, 0.2) is 0 Å². The highest BCUT2D eigenvalue weighted by Crippen LogP contribution is 2.40. The Labute approximate surface area is 134 Å². The van der Waals surface area contributed by atoms with Gasteiger partial charge in [-0.15, -0.1) is 0 Å². The van der Waals surface area contributed by atoms with Crippen molar-refractivity contribution in [2.24, 2.45) is 0 Å². The van der Waals surface area contributed by atoms with E-state index in [1.54, 1.807) is 6.07 Å². The van der Waals surface area contributed by atoms with Crippen molar-refractivity contribution in [1.29, 1.82) is 0 Å². The molecule has 0 saturated heterocycles. The predicted octanol–water partition coefficient (Wildman–Crippen LogP) is 1.09. The minimum Gasteiger partial charge on any atom is -0.468 e. The fourth-order valence-corrected chi connectivity index (χ4v) is 3.54. The van der Waals surface area contributed by atoms with Gasteiger partial charge in [0, 0.05) is 12.5 Å². The molecule has 1 aliphatic rings. The molecule has 0 spiro atoms. The second-order valence-corrected chi connectivity index (χ2v) is 7.60. The molecule has 0 bridgehead atoms. The average Bonchev–Trinajstić information content (AvgIpc) is 2.94. The Morgan fingerprint density at radius 1 is 1.17 bits per heavy atom. The maximum atomic E-state index is 12.5. The third-order valence-electron chi connectivity index (χ3n) is 4.13. The lowest BCUT2D eigenvalue weighted by atomic mass is 9.81. The summed E-state index contributed by atoms with van der Waals surface area (Å²) < 4.78 is 28.4. The molecule has 2 aromatic rings. The van der Waals surface area contributed by atoms with Crippen molar-refractivity contribution in [2.45, 2.75) is 23.4 Å². The lowest BCUT2D eigenvalue weighted by Gasteiger charge is -2.25. The molecule has 0 amide bonds. The lowest BCUT2D eigenvalue weighted by molar-refractivity contribution is -0.147. The van der Waals surface area contributed by atoms with Gasteiger partial charge in [0.1, 0.15) is 5.41 Å². The first kappa shape index (κ1) is 15.6. The summed E-state index contributed by atoms with van der Waals surface area (Å²) in [6.07, 6.45) is 3.26. The normalized spacial score (nSPS) is 15.9. The van der Waals surface area contributed by atoms with Gasteiger partial charge in [0.25, 0.3) is 0 Å². The van der Waals surface area contributed by atoms with E-state index in [4.69, 9.17) is 4.74 Å². The smallest absolute Gasteiger partial charge is 0.318 e. The Morgan fingerprint density at radius 2 is 1.78 bits per heavy atom. The van der Waals surface area contributed by atoms with Crippen molar-refractivity contribution in [1.82, 2.24) is 9.97 Å². The van der Waals surface area contributed by atoms with Crippen LogP contribution in [-0.4, -0.2) is 37.7 Å². The number of hydrogen-bond acceptors (Lipinski definition) is 6. The van der Waals surface area contributed by atoms with Gasteiger partial charge >= 0.3 is 5.97 Å². The van der Waals surface area contributed by atoms with Gasteiger partial charge in [0.2, 0.25) is 15.0 Å². The molecule has 0 radical (unpaired) electrons. The molecule has 7 heteroatoms. The van der Waals surface area contributed by atoms with E-state index in [1.807, 2.05) is 24.3 Å². The lowest BCUT2D eigenvalue weighted by Crippen LogP contribution is -2.39. The van der Waals surface area contributed by atoms with Crippen LogP contribution in [-0.2, 0) is 37.6 Å². The summed E-state index contributed by atoms with van der Waals surface area (Å²) >= 11 is 0. The number of esters is 1. The van der Waals surface area contributed by atoms with E-state index >= 15 is 0 Å². The minimum atomic E-state index is -3.56. The van der Waals surface area contributed by atoms with Crippen LogP contribution < -0.4 is 0 Å². The quantitative estimate of drug-likeness (QED) is 0.618. The number of fused-ring (bicyclic) bond motifs is 1. The molecule has 1 aromatic heterocycles. The Balaban J connectivity index is 2.15. The van der Waals surface area contributed by atoms with Crippen molar-refractivity contribution in [2.75, 3.05) is 13.4 Å². The van der Waals surface area contributed by atoms with E-state index in [-0.39, 0.29) is 5.16 Å². The standard InChI is InChI=1S/C16H16N2O4S/c1-22-14(19)16(9-11-5-3-4-6-12(11)10-16)13-7-8-17-15(18-13)23(2,20)21/h3-8H,9-10H2,1-2H3. The van der Waals surface area contributed by atoms with Crippen LogP contribution in [0.3, 0.4) is 0 Å². The topological polar surface area (TPSA) is 86.2 Å². The van der Waals surface area contributed by atoms with Crippen LogP contribution >= 0.6 is 0 Å². The molecule has 0 atom stereocenters. The molecular formula is C16H16N2O4S. The van der Waals surface area contributed by atoms with Gasteiger partial charge in [-0.25, -0.2) is 18.4 Å². The summed E-state index contributed by atoms with van der Waals surface area (Å²) in [6, 6.07) is 9.32. The molecular weight excluding hydrogens is 316 g/mol.